The third-order valence-corrected chi connectivity index (χ3v) is 3.63. The predicted octanol–water partition coefficient (Wildman–Crippen LogP) is 4.41. The Morgan fingerprint density at radius 1 is 0.947 bits per heavy atom. The summed E-state index contributed by atoms with van der Waals surface area (Å²) in [6.07, 6.45) is 0. The summed E-state index contributed by atoms with van der Waals surface area (Å²) in [7, 11) is 0. The maximum absolute atomic E-state index is 4.82. The van der Waals surface area contributed by atoms with Crippen molar-refractivity contribution in [3.63, 3.8) is 0 Å². The predicted molar refractivity (Wildman–Crippen MR) is 80.0 cm³/mol. The van der Waals surface area contributed by atoms with Crippen LogP contribution in [0.4, 0.5) is 0 Å². The van der Waals surface area contributed by atoms with Gasteiger partial charge in [0.2, 0.25) is 0 Å². The second kappa shape index (κ2) is 4.95. The van der Waals surface area contributed by atoms with E-state index in [1.807, 2.05) is 4.52 Å². The summed E-state index contributed by atoms with van der Waals surface area (Å²) >= 11 is 0. The number of hydrogen-bond acceptors (Lipinski definition) is 2. The summed E-state index contributed by atoms with van der Waals surface area (Å²) in [5.74, 6) is 1.32. The van der Waals surface area contributed by atoms with Crippen LogP contribution in [0.5, 0.6) is 0 Å². The van der Waals surface area contributed by atoms with Gasteiger partial charge in [-0.1, -0.05) is 41.5 Å². The number of nitrogens with zero attached hydrogens (tertiary/aromatic N) is 3. The van der Waals surface area contributed by atoms with Crippen LogP contribution in [0.15, 0.2) is 6.07 Å². The molecule has 19 heavy (non-hydrogen) atoms. The lowest BCUT2D eigenvalue weighted by Crippen LogP contribution is -2.06. The maximum Gasteiger partial charge on any atom is 0.158 e. The number of aryl methyl sites for hydroxylation is 1. The highest BCUT2D eigenvalue weighted by Gasteiger charge is 2.18. The number of fused-ring (bicyclic) bond motifs is 1. The number of hydrogen-bond donors (Lipinski definition) is 0. The summed E-state index contributed by atoms with van der Waals surface area (Å²) < 4.78 is 2.04. The highest BCUT2D eigenvalue weighted by Crippen LogP contribution is 2.26. The Bertz CT molecular complexity index is 592. The van der Waals surface area contributed by atoms with Crippen LogP contribution in [-0.4, -0.2) is 14.6 Å². The molecule has 0 aliphatic carbocycles. The Hall–Kier alpha value is -1.38. The molecule has 3 nitrogen and oxygen atoms in total. The zero-order valence-corrected chi connectivity index (χ0v) is 13.2. The summed E-state index contributed by atoms with van der Waals surface area (Å²) in [6, 6.07) is 2.21. The van der Waals surface area contributed by atoms with Gasteiger partial charge in [-0.2, -0.15) is 5.10 Å². The molecular formula is C16H25N3. The Labute approximate surface area is 116 Å². The molecule has 3 heteroatoms. The smallest absolute Gasteiger partial charge is 0.158 e. The van der Waals surface area contributed by atoms with Gasteiger partial charge in [0.15, 0.2) is 5.65 Å². The van der Waals surface area contributed by atoms with Crippen LogP contribution in [-0.2, 0) is 0 Å². The van der Waals surface area contributed by atoms with Crippen molar-refractivity contribution in [3.8, 4) is 0 Å². The highest BCUT2D eigenvalue weighted by atomic mass is 15.3. The van der Waals surface area contributed by atoms with Crippen molar-refractivity contribution in [1.29, 1.82) is 0 Å². The average molecular weight is 259 g/mol. The van der Waals surface area contributed by atoms with Crippen molar-refractivity contribution in [2.24, 2.45) is 0 Å². The minimum Gasteiger partial charge on any atom is -0.233 e. The Balaban J connectivity index is 2.80. The van der Waals surface area contributed by atoms with E-state index in [-0.39, 0.29) is 0 Å². The molecule has 2 aromatic rings. The normalized spacial score (nSPS) is 12.3. The molecule has 0 aliphatic heterocycles. The molecule has 0 N–H and O–H groups in total. The fourth-order valence-corrected chi connectivity index (χ4v) is 2.44. The largest absolute Gasteiger partial charge is 0.233 e. The van der Waals surface area contributed by atoms with E-state index in [4.69, 9.17) is 10.1 Å². The Kier molecular flexibility index (Phi) is 3.66. The Morgan fingerprint density at radius 3 is 2.05 bits per heavy atom. The van der Waals surface area contributed by atoms with Crippen LogP contribution in [0, 0.1) is 6.92 Å². The van der Waals surface area contributed by atoms with E-state index < -0.39 is 0 Å². The van der Waals surface area contributed by atoms with Crippen LogP contribution < -0.4 is 0 Å². The third-order valence-electron chi connectivity index (χ3n) is 3.63. The zero-order chi connectivity index (χ0) is 14.3. The van der Waals surface area contributed by atoms with Gasteiger partial charge in [0.05, 0.1) is 5.69 Å². The van der Waals surface area contributed by atoms with Crippen molar-refractivity contribution < 1.29 is 0 Å². The van der Waals surface area contributed by atoms with E-state index in [0.29, 0.717) is 17.8 Å². The second-order valence-corrected chi connectivity index (χ2v) is 6.32. The van der Waals surface area contributed by atoms with Gasteiger partial charge in [0.25, 0.3) is 0 Å². The monoisotopic (exact) mass is 259 g/mol. The van der Waals surface area contributed by atoms with Crippen molar-refractivity contribution in [1.82, 2.24) is 14.6 Å². The SMILES string of the molecule is Cc1c(C(C)C)nn2c(C(C)C)cc(C(C)C)nc12. The highest BCUT2D eigenvalue weighted by molar-refractivity contribution is 5.52. The van der Waals surface area contributed by atoms with Crippen LogP contribution in [0.3, 0.4) is 0 Å². The molecule has 2 rings (SSSR count). The lowest BCUT2D eigenvalue weighted by molar-refractivity contribution is 0.706. The van der Waals surface area contributed by atoms with Gasteiger partial charge in [-0.05, 0) is 30.7 Å². The lowest BCUT2D eigenvalue weighted by Gasteiger charge is -2.12. The van der Waals surface area contributed by atoms with Gasteiger partial charge in [-0.3, -0.25) is 0 Å². The molecule has 0 unspecified atom stereocenters. The molecule has 0 aliphatic rings. The number of rotatable bonds is 3. The average Bonchev–Trinajstić information content (AvgIpc) is 2.65. The first-order chi connectivity index (χ1) is 8.82. The molecule has 2 aromatic heterocycles. The maximum atomic E-state index is 4.82. The van der Waals surface area contributed by atoms with E-state index in [9.17, 15) is 0 Å². The second-order valence-electron chi connectivity index (χ2n) is 6.32. The Morgan fingerprint density at radius 2 is 1.58 bits per heavy atom. The molecule has 0 saturated carbocycles. The third kappa shape index (κ3) is 2.38. The summed E-state index contributed by atoms with van der Waals surface area (Å²) in [6.45, 7) is 15.3. The summed E-state index contributed by atoms with van der Waals surface area (Å²) in [5.41, 5.74) is 5.83. The number of aromatic nitrogens is 3. The van der Waals surface area contributed by atoms with Gasteiger partial charge in [-0.15, -0.1) is 0 Å². The standard InChI is InChI=1S/C16H25N3/c1-9(2)13-8-14(10(3)4)19-16(17-13)12(7)15(18-19)11(5)6/h8-11H,1-7H3. The molecule has 0 spiro atoms. The summed E-state index contributed by atoms with van der Waals surface area (Å²) in [5, 5.41) is 4.79. The molecule has 2 heterocycles. The van der Waals surface area contributed by atoms with E-state index in [2.05, 4.69) is 54.5 Å². The van der Waals surface area contributed by atoms with Gasteiger partial charge in [0.1, 0.15) is 0 Å². The van der Waals surface area contributed by atoms with Gasteiger partial charge in [-0.25, -0.2) is 9.50 Å². The minimum atomic E-state index is 0.434. The van der Waals surface area contributed by atoms with Crippen LogP contribution in [0.2, 0.25) is 0 Å². The molecule has 0 aromatic carbocycles. The quantitative estimate of drug-likeness (QED) is 0.817. The van der Waals surface area contributed by atoms with Crippen molar-refractivity contribution in [3.05, 3.63) is 28.7 Å². The first kappa shape index (κ1) is 14.0. The van der Waals surface area contributed by atoms with Crippen molar-refractivity contribution in [2.45, 2.75) is 66.2 Å². The molecule has 0 amide bonds. The molecular weight excluding hydrogens is 234 g/mol. The van der Waals surface area contributed by atoms with Gasteiger partial charge < -0.3 is 0 Å². The van der Waals surface area contributed by atoms with Crippen LogP contribution in [0.25, 0.3) is 5.65 Å². The van der Waals surface area contributed by atoms with Crippen LogP contribution in [0.1, 0.15) is 81.9 Å². The molecule has 104 valence electrons. The molecule has 0 saturated heterocycles. The van der Waals surface area contributed by atoms with E-state index in [1.165, 1.54) is 11.3 Å². The summed E-state index contributed by atoms with van der Waals surface area (Å²) in [4.78, 5) is 4.82. The van der Waals surface area contributed by atoms with E-state index in [0.717, 1.165) is 17.0 Å². The molecule has 0 fully saturated rings. The fourth-order valence-electron chi connectivity index (χ4n) is 2.44. The van der Waals surface area contributed by atoms with Crippen molar-refractivity contribution >= 4 is 5.65 Å². The minimum absolute atomic E-state index is 0.434. The van der Waals surface area contributed by atoms with E-state index in [1.54, 1.807) is 0 Å². The fraction of sp³-hybridized carbons (Fsp3) is 0.625. The topological polar surface area (TPSA) is 30.2 Å². The van der Waals surface area contributed by atoms with E-state index >= 15 is 0 Å². The first-order valence-corrected chi connectivity index (χ1v) is 7.23. The molecule has 0 atom stereocenters. The van der Waals surface area contributed by atoms with Gasteiger partial charge in [0, 0.05) is 17.0 Å². The lowest BCUT2D eigenvalue weighted by atomic mass is 10.0. The zero-order valence-electron chi connectivity index (χ0n) is 13.2. The van der Waals surface area contributed by atoms with Crippen LogP contribution >= 0.6 is 0 Å². The molecule has 0 bridgehead atoms. The van der Waals surface area contributed by atoms with Gasteiger partial charge >= 0.3 is 0 Å². The first-order valence-electron chi connectivity index (χ1n) is 7.23. The molecule has 0 radical (unpaired) electrons. The van der Waals surface area contributed by atoms with Crippen molar-refractivity contribution in [2.75, 3.05) is 0 Å².